The Morgan fingerprint density at radius 3 is 2.61 bits per heavy atom. The van der Waals surface area contributed by atoms with Crippen LogP contribution in [0.25, 0.3) is 11.5 Å². The molecular formula is C18H18N2O2S. The van der Waals surface area contributed by atoms with Gasteiger partial charge in [-0.2, -0.15) is 0 Å². The molecule has 2 aromatic carbocycles. The van der Waals surface area contributed by atoms with E-state index in [-0.39, 0.29) is 0 Å². The maximum Gasteiger partial charge on any atom is 0.276 e. The molecule has 4 nitrogen and oxygen atoms in total. The SMILES string of the molecule is COc1ccccc1-c1nnc(SCCCc2ccccc2)o1. The lowest BCUT2D eigenvalue weighted by molar-refractivity contribution is 0.411. The van der Waals surface area contributed by atoms with Gasteiger partial charge in [-0.05, 0) is 30.5 Å². The van der Waals surface area contributed by atoms with Crippen molar-refractivity contribution < 1.29 is 9.15 Å². The molecule has 5 heteroatoms. The van der Waals surface area contributed by atoms with E-state index >= 15 is 0 Å². The van der Waals surface area contributed by atoms with Crippen LogP contribution < -0.4 is 4.74 Å². The number of hydrogen-bond donors (Lipinski definition) is 0. The van der Waals surface area contributed by atoms with E-state index < -0.39 is 0 Å². The summed E-state index contributed by atoms with van der Waals surface area (Å²) in [4.78, 5) is 0. The van der Waals surface area contributed by atoms with Crippen LogP contribution in [0.5, 0.6) is 5.75 Å². The van der Waals surface area contributed by atoms with Crippen LogP contribution in [0.2, 0.25) is 0 Å². The van der Waals surface area contributed by atoms with Crippen LogP contribution in [-0.2, 0) is 6.42 Å². The van der Waals surface area contributed by atoms with Gasteiger partial charge in [0, 0.05) is 5.75 Å². The van der Waals surface area contributed by atoms with Crippen molar-refractivity contribution in [3.8, 4) is 17.2 Å². The fourth-order valence-corrected chi connectivity index (χ4v) is 2.98. The summed E-state index contributed by atoms with van der Waals surface area (Å²) in [6, 6.07) is 18.1. The summed E-state index contributed by atoms with van der Waals surface area (Å²) in [5.74, 6) is 2.17. The molecule has 0 N–H and O–H groups in total. The van der Waals surface area contributed by atoms with Crippen LogP contribution in [0.3, 0.4) is 0 Å². The highest BCUT2D eigenvalue weighted by atomic mass is 32.2. The molecule has 0 bridgehead atoms. The van der Waals surface area contributed by atoms with Gasteiger partial charge in [-0.1, -0.05) is 54.2 Å². The molecule has 0 unspecified atom stereocenters. The summed E-state index contributed by atoms with van der Waals surface area (Å²) < 4.78 is 11.0. The lowest BCUT2D eigenvalue weighted by Gasteiger charge is -2.03. The molecule has 0 aliphatic carbocycles. The Balaban J connectivity index is 1.55. The van der Waals surface area contributed by atoms with Crippen molar-refractivity contribution in [2.45, 2.75) is 18.1 Å². The lowest BCUT2D eigenvalue weighted by Crippen LogP contribution is -1.87. The molecule has 3 rings (SSSR count). The first-order chi connectivity index (χ1) is 11.4. The van der Waals surface area contributed by atoms with Gasteiger partial charge in [-0.3, -0.25) is 0 Å². The third-order valence-corrected chi connectivity index (χ3v) is 4.33. The van der Waals surface area contributed by atoms with Gasteiger partial charge < -0.3 is 9.15 Å². The molecule has 3 aromatic rings. The molecule has 0 saturated carbocycles. The van der Waals surface area contributed by atoms with Gasteiger partial charge in [-0.25, -0.2) is 0 Å². The molecule has 1 heterocycles. The summed E-state index contributed by atoms with van der Waals surface area (Å²) in [5, 5.41) is 8.81. The summed E-state index contributed by atoms with van der Waals surface area (Å²) in [6.45, 7) is 0. The van der Waals surface area contributed by atoms with Gasteiger partial charge in [0.25, 0.3) is 11.1 Å². The number of aromatic nitrogens is 2. The number of ether oxygens (including phenoxy) is 1. The standard InChI is InChI=1S/C18H18N2O2S/c1-21-16-12-6-5-11-15(16)17-19-20-18(22-17)23-13-7-10-14-8-3-2-4-9-14/h2-6,8-9,11-12H,7,10,13H2,1H3. The van der Waals surface area contributed by atoms with Crippen molar-refractivity contribution in [3.05, 3.63) is 60.2 Å². The maximum atomic E-state index is 5.73. The first-order valence-corrected chi connectivity index (χ1v) is 8.49. The smallest absolute Gasteiger partial charge is 0.276 e. The maximum absolute atomic E-state index is 5.73. The molecule has 0 amide bonds. The molecule has 0 radical (unpaired) electrons. The number of thioether (sulfide) groups is 1. The van der Waals surface area contributed by atoms with Crippen LogP contribution in [0.15, 0.2) is 64.2 Å². The monoisotopic (exact) mass is 326 g/mol. The summed E-state index contributed by atoms with van der Waals surface area (Å²) >= 11 is 1.59. The molecule has 1 aromatic heterocycles. The number of methoxy groups -OCH3 is 1. The van der Waals surface area contributed by atoms with E-state index in [9.17, 15) is 0 Å². The van der Waals surface area contributed by atoms with Crippen molar-refractivity contribution in [2.75, 3.05) is 12.9 Å². The summed E-state index contributed by atoms with van der Waals surface area (Å²) in [6.07, 6.45) is 2.13. The Labute approximate surface area is 139 Å². The lowest BCUT2D eigenvalue weighted by atomic mass is 10.1. The molecule has 0 saturated heterocycles. The zero-order valence-corrected chi connectivity index (χ0v) is 13.8. The van der Waals surface area contributed by atoms with Gasteiger partial charge in [0.1, 0.15) is 5.75 Å². The van der Waals surface area contributed by atoms with Crippen LogP contribution in [0.4, 0.5) is 0 Å². The second kappa shape index (κ2) is 7.83. The van der Waals surface area contributed by atoms with Crippen LogP contribution in [-0.4, -0.2) is 23.1 Å². The molecule has 0 fully saturated rings. The Bertz CT molecular complexity index is 744. The third-order valence-electron chi connectivity index (χ3n) is 3.42. The fourth-order valence-electron chi connectivity index (χ4n) is 2.28. The summed E-state index contributed by atoms with van der Waals surface area (Å²) in [7, 11) is 1.63. The van der Waals surface area contributed by atoms with Gasteiger partial charge in [0.2, 0.25) is 0 Å². The summed E-state index contributed by atoms with van der Waals surface area (Å²) in [5.41, 5.74) is 2.17. The van der Waals surface area contributed by atoms with Crippen molar-refractivity contribution in [1.82, 2.24) is 10.2 Å². The quantitative estimate of drug-likeness (QED) is 0.473. The molecule has 0 atom stereocenters. The normalized spacial score (nSPS) is 10.7. The average Bonchev–Trinajstić information content (AvgIpc) is 3.08. The van der Waals surface area contributed by atoms with Crippen molar-refractivity contribution >= 4 is 11.8 Å². The molecular weight excluding hydrogens is 308 g/mol. The van der Waals surface area contributed by atoms with E-state index in [1.54, 1.807) is 18.9 Å². The van der Waals surface area contributed by atoms with E-state index in [1.165, 1.54) is 5.56 Å². The van der Waals surface area contributed by atoms with Gasteiger partial charge in [0.15, 0.2) is 0 Å². The Kier molecular flexibility index (Phi) is 5.32. The van der Waals surface area contributed by atoms with Crippen molar-refractivity contribution in [2.24, 2.45) is 0 Å². The second-order valence-corrected chi connectivity index (χ2v) is 6.06. The minimum absolute atomic E-state index is 0.494. The first kappa shape index (κ1) is 15.6. The average molecular weight is 326 g/mol. The van der Waals surface area contributed by atoms with Gasteiger partial charge in [0.05, 0.1) is 12.7 Å². The van der Waals surface area contributed by atoms with Crippen LogP contribution in [0, 0.1) is 0 Å². The van der Waals surface area contributed by atoms with E-state index in [1.807, 2.05) is 30.3 Å². The Morgan fingerprint density at radius 1 is 1.00 bits per heavy atom. The number of nitrogens with zero attached hydrogens (tertiary/aromatic N) is 2. The van der Waals surface area contributed by atoms with Crippen molar-refractivity contribution in [1.29, 1.82) is 0 Å². The number of benzene rings is 2. The number of rotatable bonds is 7. The van der Waals surface area contributed by atoms with Crippen LogP contribution >= 0.6 is 11.8 Å². The van der Waals surface area contributed by atoms with E-state index in [0.29, 0.717) is 11.1 Å². The Morgan fingerprint density at radius 2 is 1.78 bits per heavy atom. The third kappa shape index (κ3) is 4.13. The highest BCUT2D eigenvalue weighted by Gasteiger charge is 2.13. The van der Waals surface area contributed by atoms with E-state index in [4.69, 9.17) is 9.15 Å². The number of hydrogen-bond acceptors (Lipinski definition) is 5. The highest BCUT2D eigenvalue weighted by Crippen LogP contribution is 2.30. The topological polar surface area (TPSA) is 48.2 Å². The predicted molar refractivity (Wildman–Crippen MR) is 91.8 cm³/mol. The number of aryl methyl sites for hydroxylation is 1. The zero-order chi connectivity index (χ0) is 15.9. The first-order valence-electron chi connectivity index (χ1n) is 7.50. The predicted octanol–water partition coefficient (Wildman–Crippen LogP) is 4.47. The fraction of sp³-hybridized carbons (Fsp3) is 0.222. The molecule has 23 heavy (non-hydrogen) atoms. The molecule has 0 spiro atoms. The molecule has 118 valence electrons. The van der Waals surface area contributed by atoms with Crippen molar-refractivity contribution in [3.63, 3.8) is 0 Å². The highest BCUT2D eigenvalue weighted by molar-refractivity contribution is 7.99. The van der Waals surface area contributed by atoms with Gasteiger partial charge in [-0.15, -0.1) is 10.2 Å². The molecule has 0 aliphatic rings. The molecule has 0 aliphatic heterocycles. The van der Waals surface area contributed by atoms with Gasteiger partial charge >= 0.3 is 0 Å². The van der Waals surface area contributed by atoms with Crippen LogP contribution in [0.1, 0.15) is 12.0 Å². The zero-order valence-electron chi connectivity index (χ0n) is 12.9. The van der Waals surface area contributed by atoms with E-state index in [0.717, 1.165) is 29.9 Å². The minimum atomic E-state index is 0.494. The number of para-hydroxylation sites is 1. The Hall–Kier alpha value is -2.27. The van der Waals surface area contributed by atoms with E-state index in [2.05, 4.69) is 34.5 Å². The second-order valence-electron chi connectivity index (χ2n) is 5.01. The largest absolute Gasteiger partial charge is 0.496 e. The minimum Gasteiger partial charge on any atom is -0.496 e.